The molecule has 1 atom stereocenters. The Kier molecular flexibility index (Phi) is 4.68. The maximum absolute atomic E-state index is 13.0. The van der Waals surface area contributed by atoms with Crippen LogP contribution in [-0.4, -0.2) is 10.1 Å². The molecule has 0 aliphatic carbocycles. The summed E-state index contributed by atoms with van der Waals surface area (Å²) in [5.41, 5.74) is 0.515. The van der Waals surface area contributed by atoms with Gasteiger partial charge >= 0.3 is 6.18 Å². The first-order valence-electron chi connectivity index (χ1n) is 6.23. The molecule has 0 saturated carbocycles. The van der Waals surface area contributed by atoms with E-state index in [0.717, 1.165) is 11.6 Å². The third kappa shape index (κ3) is 4.04. The van der Waals surface area contributed by atoms with Gasteiger partial charge in [-0.15, -0.1) is 0 Å². The van der Waals surface area contributed by atoms with Crippen LogP contribution >= 0.6 is 15.9 Å². The van der Waals surface area contributed by atoms with Gasteiger partial charge in [0.25, 0.3) is 0 Å². The van der Waals surface area contributed by atoms with E-state index in [9.17, 15) is 18.3 Å². The van der Waals surface area contributed by atoms with E-state index >= 15 is 0 Å². The number of aryl methyl sites for hydroxylation is 1. The monoisotopic (exact) mass is 359 g/mol. The van der Waals surface area contributed by atoms with Crippen molar-refractivity contribution >= 4 is 15.9 Å². The Morgan fingerprint density at radius 1 is 1.24 bits per heavy atom. The van der Waals surface area contributed by atoms with Gasteiger partial charge in [-0.05, 0) is 36.2 Å². The maximum Gasteiger partial charge on any atom is 0.416 e. The zero-order valence-corrected chi connectivity index (χ0v) is 12.7. The predicted molar refractivity (Wildman–Crippen MR) is 76.8 cm³/mol. The molecule has 1 aromatic heterocycles. The number of hydrogen-bond donors (Lipinski definition) is 1. The molecule has 2 rings (SSSR count). The number of nitrogens with zero attached hydrogens (tertiary/aromatic N) is 1. The quantitative estimate of drug-likeness (QED) is 0.878. The Balaban J connectivity index is 2.30. The van der Waals surface area contributed by atoms with Crippen LogP contribution in [-0.2, 0) is 12.6 Å². The van der Waals surface area contributed by atoms with E-state index in [4.69, 9.17) is 0 Å². The summed E-state index contributed by atoms with van der Waals surface area (Å²) in [5.74, 6) is 0. The lowest BCUT2D eigenvalue weighted by Gasteiger charge is -2.17. The van der Waals surface area contributed by atoms with Gasteiger partial charge < -0.3 is 5.11 Å². The van der Waals surface area contributed by atoms with Crippen molar-refractivity contribution in [2.24, 2.45) is 0 Å². The fourth-order valence-corrected chi connectivity index (χ4v) is 2.35. The van der Waals surface area contributed by atoms with Gasteiger partial charge in [-0.25, -0.2) is 0 Å². The highest BCUT2D eigenvalue weighted by Crippen LogP contribution is 2.37. The fraction of sp³-hybridized carbons (Fsp3) is 0.267. The molecule has 1 N–H and O–H groups in total. The SMILES string of the molecule is Cc1ccc(CC(O)c2ccc(Br)cc2C(F)(F)F)nc1. The molecular weight excluding hydrogens is 347 g/mol. The van der Waals surface area contributed by atoms with Crippen molar-refractivity contribution < 1.29 is 18.3 Å². The Bertz CT molecular complexity index is 626. The van der Waals surface area contributed by atoms with Crippen molar-refractivity contribution in [3.63, 3.8) is 0 Å². The van der Waals surface area contributed by atoms with Gasteiger partial charge in [0.15, 0.2) is 0 Å². The molecule has 0 saturated heterocycles. The second-order valence-electron chi connectivity index (χ2n) is 4.78. The summed E-state index contributed by atoms with van der Waals surface area (Å²) in [6.07, 6.45) is -4.12. The van der Waals surface area contributed by atoms with Crippen molar-refractivity contribution in [3.05, 3.63) is 63.4 Å². The van der Waals surface area contributed by atoms with E-state index in [1.165, 1.54) is 12.1 Å². The first-order valence-corrected chi connectivity index (χ1v) is 7.03. The van der Waals surface area contributed by atoms with Crippen LogP contribution in [0.5, 0.6) is 0 Å². The molecule has 0 bridgehead atoms. The van der Waals surface area contributed by atoms with Crippen molar-refractivity contribution in [1.29, 1.82) is 0 Å². The standard InChI is InChI=1S/C15H13BrF3NO/c1-9-2-4-11(20-8-9)7-14(21)12-5-3-10(16)6-13(12)15(17,18)19/h2-6,8,14,21H,7H2,1H3. The van der Waals surface area contributed by atoms with Gasteiger partial charge in [0.1, 0.15) is 0 Å². The second-order valence-corrected chi connectivity index (χ2v) is 5.69. The summed E-state index contributed by atoms with van der Waals surface area (Å²) in [7, 11) is 0. The Morgan fingerprint density at radius 2 is 1.95 bits per heavy atom. The van der Waals surface area contributed by atoms with Gasteiger partial charge in [0.05, 0.1) is 11.7 Å². The normalized spacial score (nSPS) is 13.2. The number of pyridine rings is 1. The average molecular weight is 360 g/mol. The lowest BCUT2D eigenvalue weighted by atomic mass is 9.98. The predicted octanol–water partition coefficient (Wildman–Crippen LogP) is 4.45. The number of halogens is 4. The first-order chi connectivity index (χ1) is 9.77. The van der Waals surface area contributed by atoms with Gasteiger partial charge in [-0.2, -0.15) is 13.2 Å². The zero-order valence-electron chi connectivity index (χ0n) is 11.2. The van der Waals surface area contributed by atoms with Crippen molar-refractivity contribution in [1.82, 2.24) is 4.98 Å². The molecule has 0 aliphatic rings. The van der Waals surface area contributed by atoms with Crippen LogP contribution in [0, 0.1) is 6.92 Å². The fourth-order valence-electron chi connectivity index (χ4n) is 1.99. The third-order valence-corrected chi connectivity index (χ3v) is 3.55. The van der Waals surface area contributed by atoms with E-state index in [1.807, 2.05) is 6.92 Å². The smallest absolute Gasteiger partial charge is 0.388 e. The highest BCUT2D eigenvalue weighted by Gasteiger charge is 2.35. The number of rotatable bonds is 3. The summed E-state index contributed by atoms with van der Waals surface area (Å²) in [6, 6.07) is 7.25. The van der Waals surface area contributed by atoms with Crippen LogP contribution in [0.1, 0.15) is 28.5 Å². The topological polar surface area (TPSA) is 33.1 Å². The highest BCUT2D eigenvalue weighted by atomic mass is 79.9. The molecule has 0 radical (unpaired) electrons. The van der Waals surface area contributed by atoms with Crippen molar-refractivity contribution in [3.8, 4) is 0 Å². The number of aliphatic hydroxyl groups is 1. The minimum Gasteiger partial charge on any atom is -0.388 e. The molecule has 0 spiro atoms. The molecule has 0 amide bonds. The Hall–Kier alpha value is -1.40. The van der Waals surface area contributed by atoms with Crippen molar-refractivity contribution in [2.75, 3.05) is 0 Å². The van der Waals surface area contributed by atoms with Crippen LogP contribution in [0.2, 0.25) is 0 Å². The molecule has 21 heavy (non-hydrogen) atoms. The van der Waals surface area contributed by atoms with Gasteiger partial charge in [-0.3, -0.25) is 4.98 Å². The third-order valence-electron chi connectivity index (χ3n) is 3.05. The van der Waals surface area contributed by atoms with Crippen LogP contribution < -0.4 is 0 Å². The van der Waals surface area contributed by atoms with Crippen LogP contribution in [0.15, 0.2) is 41.0 Å². The number of aromatic nitrogens is 1. The van der Waals surface area contributed by atoms with E-state index in [-0.39, 0.29) is 12.0 Å². The zero-order chi connectivity index (χ0) is 15.6. The minimum absolute atomic E-state index is 0.0327. The molecule has 112 valence electrons. The molecule has 1 unspecified atom stereocenters. The molecule has 2 nitrogen and oxygen atoms in total. The highest BCUT2D eigenvalue weighted by molar-refractivity contribution is 9.10. The largest absolute Gasteiger partial charge is 0.416 e. The Morgan fingerprint density at radius 3 is 2.52 bits per heavy atom. The van der Waals surface area contributed by atoms with E-state index < -0.39 is 17.8 Å². The molecule has 1 aromatic carbocycles. The van der Waals surface area contributed by atoms with E-state index in [0.29, 0.717) is 10.2 Å². The number of hydrogen-bond acceptors (Lipinski definition) is 2. The molecule has 6 heteroatoms. The van der Waals surface area contributed by atoms with Crippen LogP contribution in [0.25, 0.3) is 0 Å². The van der Waals surface area contributed by atoms with Crippen LogP contribution in [0.4, 0.5) is 13.2 Å². The molecule has 0 aliphatic heterocycles. The van der Waals surface area contributed by atoms with Gasteiger partial charge in [0, 0.05) is 22.8 Å². The number of alkyl halides is 3. The lowest BCUT2D eigenvalue weighted by molar-refractivity contribution is -0.139. The second kappa shape index (κ2) is 6.15. The summed E-state index contributed by atoms with van der Waals surface area (Å²) in [6.45, 7) is 1.86. The summed E-state index contributed by atoms with van der Waals surface area (Å²) >= 11 is 3.02. The molecule has 1 heterocycles. The molecular formula is C15H13BrF3NO. The summed E-state index contributed by atoms with van der Waals surface area (Å²) in [5, 5.41) is 10.1. The van der Waals surface area contributed by atoms with E-state index in [1.54, 1.807) is 18.3 Å². The average Bonchev–Trinajstić information content (AvgIpc) is 2.40. The van der Waals surface area contributed by atoms with Gasteiger partial charge in [-0.1, -0.05) is 28.1 Å². The number of benzene rings is 1. The maximum atomic E-state index is 13.0. The van der Waals surface area contributed by atoms with Crippen LogP contribution in [0.3, 0.4) is 0 Å². The Labute approximate surface area is 128 Å². The number of aliphatic hydroxyl groups excluding tert-OH is 1. The molecule has 0 fully saturated rings. The minimum atomic E-state index is -4.51. The first kappa shape index (κ1) is 16.0. The molecule has 2 aromatic rings. The van der Waals surface area contributed by atoms with Crippen molar-refractivity contribution in [2.45, 2.75) is 25.6 Å². The van der Waals surface area contributed by atoms with E-state index in [2.05, 4.69) is 20.9 Å². The van der Waals surface area contributed by atoms with Gasteiger partial charge in [0.2, 0.25) is 0 Å². The lowest BCUT2D eigenvalue weighted by Crippen LogP contribution is -2.14. The summed E-state index contributed by atoms with van der Waals surface area (Å²) in [4.78, 5) is 4.10. The summed E-state index contributed by atoms with van der Waals surface area (Å²) < 4.78 is 39.4.